The van der Waals surface area contributed by atoms with Crippen molar-refractivity contribution in [2.75, 3.05) is 38.1 Å². The van der Waals surface area contributed by atoms with Crippen molar-refractivity contribution in [2.45, 2.75) is 38.2 Å². The fourth-order valence-electron chi connectivity index (χ4n) is 3.99. The predicted octanol–water partition coefficient (Wildman–Crippen LogP) is 4.15. The van der Waals surface area contributed by atoms with E-state index in [4.69, 9.17) is 0 Å². The molecule has 0 saturated carbocycles. The second kappa shape index (κ2) is 9.54. The number of para-hydroxylation sites is 1. The van der Waals surface area contributed by atoms with Crippen molar-refractivity contribution in [3.63, 3.8) is 0 Å². The standard InChI is InChI=1S/C23H29F2N5OS/c1-23(24,25)8-7-17(13-16-14-26-19-6-4-3-5-18(16)19)28-21(31)20-15-27-22(32-20)30-11-9-29(2)10-12-30/h3-6,14-15,17,26H,7-13H2,1-2H3,(H,28,31). The molecule has 1 aromatic carbocycles. The first-order valence-electron chi connectivity index (χ1n) is 10.9. The highest BCUT2D eigenvalue weighted by molar-refractivity contribution is 7.17. The van der Waals surface area contributed by atoms with Crippen molar-refractivity contribution >= 4 is 33.3 Å². The molecule has 2 aromatic heterocycles. The molecule has 32 heavy (non-hydrogen) atoms. The van der Waals surface area contributed by atoms with Gasteiger partial charge in [-0.3, -0.25) is 4.79 Å². The summed E-state index contributed by atoms with van der Waals surface area (Å²) in [6, 6.07) is 7.47. The van der Waals surface area contributed by atoms with Crippen LogP contribution in [0.5, 0.6) is 0 Å². The zero-order valence-electron chi connectivity index (χ0n) is 18.4. The van der Waals surface area contributed by atoms with Gasteiger partial charge >= 0.3 is 0 Å². The van der Waals surface area contributed by atoms with E-state index in [1.54, 1.807) is 6.20 Å². The van der Waals surface area contributed by atoms with Crippen LogP contribution in [-0.4, -0.2) is 66.0 Å². The molecule has 0 spiro atoms. The molecule has 1 atom stereocenters. The first kappa shape index (κ1) is 22.7. The van der Waals surface area contributed by atoms with Gasteiger partial charge in [0.25, 0.3) is 5.91 Å². The highest BCUT2D eigenvalue weighted by atomic mass is 32.1. The van der Waals surface area contributed by atoms with Crippen molar-refractivity contribution in [3.05, 3.63) is 47.1 Å². The molecule has 9 heteroatoms. The number of aromatic amines is 1. The van der Waals surface area contributed by atoms with E-state index in [0.717, 1.165) is 54.7 Å². The highest BCUT2D eigenvalue weighted by Crippen LogP contribution is 2.26. The Bertz CT molecular complexity index is 1050. The van der Waals surface area contributed by atoms with Gasteiger partial charge in [0.1, 0.15) is 4.88 Å². The summed E-state index contributed by atoms with van der Waals surface area (Å²) in [5, 5.41) is 4.87. The number of likely N-dealkylation sites (N-methyl/N-ethyl adjacent to an activating group) is 1. The second-order valence-corrected chi connectivity index (χ2v) is 9.65. The van der Waals surface area contributed by atoms with E-state index in [9.17, 15) is 13.6 Å². The number of piperazine rings is 1. The highest BCUT2D eigenvalue weighted by Gasteiger charge is 2.26. The van der Waals surface area contributed by atoms with Crippen molar-refractivity contribution in [3.8, 4) is 0 Å². The molecule has 3 aromatic rings. The van der Waals surface area contributed by atoms with Gasteiger partial charge < -0.3 is 20.1 Å². The van der Waals surface area contributed by atoms with Crippen molar-refractivity contribution in [1.82, 2.24) is 20.2 Å². The smallest absolute Gasteiger partial charge is 0.263 e. The molecule has 1 saturated heterocycles. The van der Waals surface area contributed by atoms with E-state index in [0.29, 0.717) is 11.3 Å². The topological polar surface area (TPSA) is 64.3 Å². The lowest BCUT2D eigenvalue weighted by atomic mass is 9.99. The molecule has 0 bridgehead atoms. The quantitative estimate of drug-likeness (QED) is 0.529. The number of fused-ring (bicyclic) bond motifs is 1. The van der Waals surface area contributed by atoms with Crippen molar-refractivity contribution < 1.29 is 13.6 Å². The summed E-state index contributed by atoms with van der Waals surface area (Å²) in [7, 11) is 2.09. The van der Waals surface area contributed by atoms with Gasteiger partial charge in [-0.1, -0.05) is 29.5 Å². The number of aromatic nitrogens is 2. The largest absolute Gasteiger partial charge is 0.361 e. The minimum absolute atomic E-state index is 0.193. The molecule has 1 fully saturated rings. The van der Waals surface area contributed by atoms with E-state index in [1.807, 2.05) is 30.5 Å². The van der Waals surface area contributed by atoms with Crippen LogP contribution in [0, 0.1) is 0 Å². The number of benzene rings is 1. The number of thiazole rings is 1. The number of halogens is 2. The fourth-order valence-corrected chi connectivity index (χ4v) is 4.86. The maximum atomic E-state index is 13.6. The molecular weight excluding hydrogens is 432 g/mol. The van der Waals surface area contributed by atoms with Gasteiger partial charge in [-0.25, -0.2) is 13.8 Å². The number of carbonyl (C=O) groups is 1. The minimum atomic E-state index is -2.78. The normalized spacial score (nSPS) is 16.4. The molecule has 2 N–H and O–H groups in total. The van der Waals surface area contributed by atoms with Gasteiger partial charge in [0, 0.05) is 55.7 Å². The molecule has 1 amide bonds. The average Bonchev–Trinajstić information content (AvgIpc) is 3.40. The molecule has 0 radical (unpaired) electrons. The molecule has 1 aliphatic rings. The van der Waals surface area contributed by atoms with Crippen LogP contribution in [0.15, 0.2) is 36.7 Å². The lowest BCUT2D eigenvalue weighted by Crippen LogP contribution is -2.44. The zero-order valence-corrected chi connectivity index (χ0v) is 19.2. The van der Waals surface area contributed by atoms with Crippen LogP contribution in [0.25, 0.3) is 10.9 Å². The molecule has 3 heterocycles. The Morgan fingerprint density at radius 3 is 2.78 bits per heavy atom. The van der Waals surface area contributed by atoms with E-state index in [-0.39, 0.29) is 18.7 Å². The molecule has 6 nitrogen and oxygen atoms in total. The van der Waals surface area contributed by atoms with Gasteiger partial charge in [0.05, 0.1) is 6.20 Å². The Kier molecular flexibility index (Phi) is 6.76. The Morgan fingerprint density at radius 2 is 2.03 bits per heavy atom. The number of amides is 1. The van der Waals surface area contributed by atoms with E-state index in [2.05, 4.69) is 32.1 Å². The van der Waals surface area contributed by atoms with E-state index < -0.39 is 12.0 Å². The molecule has 1 unspecified atom stereocenters. The van der Waals surface area contributed by atoms with Gasteiger partial charge in [0.15, 0.2) is 5.13 Å². The second-order valence-electron chi connectivity index (χ2n) is 8.64. The third kappa shape index (κ3) is 5.63. The summed E-state index contributed by atoms with van der Waals surface area (Å²) >= 11 is 1.35. The van der Waals surface area contributed by atoms with Crippen LogP contribution < -0.4 is 10.2 Å². The van der Waals surface area contributed by atoms with Gasteiger partial charge in [-0.15, -0.1) is 0 Å². The molecular formula is C23H29F2N5OS. The van der Waals surface area contributed by atoms with E-state index >= 15 is 0 Å². The minimum Gasteiger partial charge on any atom is -0.361 e. The van der Waals surface area contributed by atoms with Crippen LogP contribution in [0.3, 0.4) is 0 Å². The van der Waals surface area contributed by atoms with Crippen LogP contribution >= 0.6 is 11.3 Å². The summed E-state index contributed by atoms with van der Waals surface area (Å²) in [6.45, 7) is 4.58. The Labute approximate surface area is 190 Å². The van der Waals surface area contributed by atoms with Gasteiger partial charge in [0.2, 0.25) is 5.92 Å². The molecule has 172 valence electrons. The first-order valence-corrected chi connectivity index (χ1v) is 11.7. The number of nitrogens with one attached hydrogen (secondary N) is 2. The lowest BCUT2D eigenvalue weighted by Gasteiger charge is -2.32. The fraction of sp³-hybridized carbons (Fsp3) is 0.478. The molecule has 1 aliphatic heterocycles. The summed E-state index contributed by atoms with van der Waals surface area (Å²) in [6.07, 6.45) is 3.88. The van der Waals surface area contributed by atoms with Crippen LogP contribution in [0.4, 0.5) is 13.9 Å². The maximum absolute atomic E-state index is 13.6. The van der Waals surface area contributed by atoms with Gasteiger partial charge in [-0.2, -0.15) is 0 Å². The summed E-state index contributed by atoms with van der Waals surface area (Å²) in [5.74, 6) is -3.03. The number of nitrogens with zero attached hydrogens (tertiary/aromatic N) is 3. The Balaban J connectivity index is 1.46. The SMILES string of the molecule is CN1CCN(c2ncc(C(=O)NC(CCC(C)(F)F)Cc3c[nH]c4ccccc34)s2)CC1. The predicted molar refractivity (Wildman–Crippen MR) is 125 cm³/mol. The van der Waals surface area contributed by atoms with Crippen molar-refractivity contribution in [1.29, 1.82) is 0 Å². The number of hydrogen-bond acceptors (Lipinski definition) is 5. The first-order chi connectivity index (χ1) is 15.3. The Morgan fingerprint density at radius 1 is 1.28 bits per heavy atom. The lowest BCUT2D eigenvalue weighted by molar-refractivity contribution is 0.00822. The van der Waals surface area contributed by atoms with Crippen LogP contribution in [0.2, 0.25) is 0 Å². The number of rotatable bonds is 8. The zero-order chi connectivity index (χ0) is 22.7. The number of anilines is 1. The van der Waals surface area contributed by atoms with Crippen molar-refractivity contribution in [2.24, 2.45) is 0 Å². The number of H-pyrrole nitrogens is 1. The number of hydrogen-bond donors (Lipinski definition) is 2. The summed E-state index contributed by atoms with van der Waals surface area (Å²) < 4.78 is 27.2. The molecule has 4 rings (SSSR count). The third-order valence-corrected chi connectivity index (χ3v) is 6.96. The summed E-state index contributed by atoms with van der Waals surface area (Å²) in [5.41, 5.74) is 2.00. The number of carbonyl (C=O) groups excluding carboxylic acids is 1. The molecule has 0 aliphatic carbocycles. The maximum Gasteiger partial charge on any atom is 0.263 e. The van der Waals surface area contributed by atoms with Gasteiger partial charge in [-0.05, 0) is 38.4 Å². The Hall–Kier alpha value is -2.52. The number of alkyl halides is 2. The van der Waals surface area contributed by atoms with Crippen LogP contribution in [-0.2, 0) is 6.42 Å². The average molecular weight is 462 g/mol. The summed E-state index contributed by atoms with van der Waals surface area (Å²) in [4.78, 5) is 25.6. The monoisotopic (exact) mass is 461 g/mol. The van der Waals surface area contributed by atoms with Crippen LogP contribution in [0.1, 0.15) is 35.0 Å². The third-order valence-electron chi connectivity index (χ3n) is 5.90. The van der Waals surface area contributed by atoms with E-state index in [1.165, 1.54) is 11.3 Å².